The van der Waals surface area contributed by atoms with E-state index in [9.17, 15) is 17.6 Å². The van der Waals surface area contributed by atoms with Crippen molar-refractivity contribution < 1.29 is 17.6 Å². The summed E-state index contributed by atoms with van der Waals surface area (Å²) in [6.07, 6.45) is -5.65. The van der Waals surface area contributed by atoms with E-state index in [0.717, 1.165) is 6.07 Å². The van der Waals surface area contributed by atoms with Crippen molar-refractivity contribution in [1.29, 1.82) is 0 Å². The van der Waals surface area contributed by atoms with Crippen molar-refractivity contribution in [3.05, 3.63) is 34.1 Å². The van der Waals surface area contributed by atoms with E-state index in [1.165, 1.54) is 12.1 Å². The Morgan fingerprint density at radius 3 is 2.40 bits per heavy atom. The van der Waals surface area contributed by atoms with Crippen molar-refractivity contribution in [3.8, 4) is 0 Å². The quantitative estimate of drug-likeness (QED) is 0.827. The molecule has 1 nitrogen and oxygen atoms in total. The van der Waals surface area contributed by atoms with Crippen LogP contribution in [0.15, 0.2) is 22.7 Å². The summed E-state index contributed by atoms with van der Waals surface area (Å²) in [4.78, 5) is 0. The average Bonchev–Trinajstić information content (AvgIpc) is 1.99. The first kappa shape index (κ1) is 12.4. The van der Waals surface area contributed by atoms with E-state index in [1.807, 2.05) is 0 Å². The van der Waals surface area contributed by atoms with Gasteiger partial charge in [0.15, 0.2) is 0 Å². The van der Waals surface area contributed by atoms with Crippen LogP contribution in [0.4, 0.5) is 17.6 Å². The summed E-state index contributed by atoms with van der Waals surface area (Å²) in [5.74, 6) is -0.735. The van der Waals surface area contributed by atoms with Gasteiger partial charge in [0.1, 0.15) is 5.82 Å². The Hall–Kier alpha value is -0.620. The molecule has 0 aliphatic carbocycles. The molecule has 0 fully saturated rings. The van der Waals surface area contributed by atoms with Crippen LogP contribution in [0.5, 0.6) is 0 Å². The van der Waals surface area contributed by atoms with Crippen LogP contribution in [0.1, 0.15) is 18.0 Å². The third kappa shape index (κ3) is 3.46. The summed E-state index contributed by atoms with van der Waals surface area (Å²) in [5, 5.41) is 0. The molecule has 0 aliphatic rings. The predicted octanol–water partition coefficient (Wildman–Crippen LogP) is 3.54. The second kappa shape index (κ2) is 4.49. The largest absolute Gasteiger partial charge is 0.390 e. The van der Waals surface area contributed by atoms with Gasteiger partial charge in [-0.15, -0.1) is 0 Å². The SMILES string of the molecule is N[C@@H](CC(F)(F)F)c1c(F)cccc1Br. The van der Waals surface area contributed by atoms with Gasteiger partial charge in [0.05, 0.1) is 6.42 Å². The van der Waals surface area contributed by atoms with Gasteiger partial charge in [-0.1, -0.05) is 22.0 Å². The molecule has 0 heterocycles. The average molecular weight is 286 g/mol. The lowest BCUT2D eigenvalue weighted by molar-refractivity contribution is -0.138. The highest BCUT2D eigenvalue weighted by molar-refractivity contribution is 9.10. The van der Waals surface area contributed by atoms with Crippen LogP contribution in [0.2, 0.25) is 0 Å². The number of benzene rings is 1. The molecule has 0 unspecified atom stereocenters. The lowest BCUT2D eigenvalue weighted by atomic mass is 10.0. The van der Waals surface area contributed by atoms with Crippen LogP contribution in [0, 0.1) is 5.82 Å². The number of nitrogens with two attached hydrogens (primary N) is 1. The Morgan fingerprint density at radius 2 is 1.93 bits per heavy atom. The summed E-state index contributed by atoms with van der Waals surface area (Å²) >= 11 is 2.97. The van der Waals surface area contributed by atoms with Crippen molar-refractivity contribution in [2.45, 2.75) is 18.6 Å². The molecule has 0 saturated heterocycles. The molecular formula is C9H8BrF4N. The van der Waals surface area contributed by atoms with E-state index in [1.54, 1.807) is 0 Å². The van der Waals surface area contributed by atoms with Crippen molar-refractivity contribution in [3.63, 3.8) is 0 Å². The Balaban J connectivity index is 2.96. The minimum atomic E-state index is -4.40. The minimum Gasteiger partial charge on any atom is -0.324 e. The lowest BCUT2D eigenvalue weighted by Crippen LogP contribution is -2.21. The van der Waals surface area contributed by atoms with Gasteiger partial charge in [-0.05, 0) is 12.1 Å². The zero-order chi connectivity index (χ0) is 11.6. The van der Waals surface area contributed by atoms with Gasteiger partial charge < -0.3 is 5.73 Å². The number of halogens is 5. The number of alkyl halides is 3. The number of rotatable bonds is 2. The molecule has 0 bridgehead atoms. The first-order valence-electron chi connectivity index (χ1n) is 4.07. The molecule has 84 valence electrons. The fourth-order valence-corrected chi connectivity index (χ4v) is 1.85. The maximum atomic E-state index is 13.2. The van der Waals surface area contributed by atoms with E-state index < -0.39 is 24.5 Å². The first-order chi connectivity index (χ1) is 6.81. The highest BCUT2D eigenvalue weighted by atomic mass is 79.9. The molecule has 1 aromatic carbocycles. The van der Waals surface area contributed by atoms with Crippen LogP contribution in [0.25, 0.3) is 0 Å². The number of hydrogen-bond acceptors (Lipinski definition) is 1. The van der Waals surface area contributed by atoms with Crippen LogP contribution in [-0.2, 0) is 0 Å². The molecule has 1 atom stereocenters. The summed E-state index contributed by atoms with van der Waals surface area (Å²) < 4.78 is 49.6. The Morgan fingerprint density at radius 1 is 1.33 bits per heavy atom. The van der Waals surface area contributed by atoms with Crippen molar-refractivity contribution in [2.75, 3.05) is 0 Å². The van der Waals surface area contributed by atoms with E-state index >= 15 is 0 Å². The molecule has 0 aromatic heterocycles. The van der Waals surface area contributed by atoms with Crippen LogP contribution in [-0.4, -0.2) is 6.18 Å². The molecule has 2 N–H and O–H groups in total. The molecule has 1 rings (SSSR count). The maximum Gasteiger partial charge on any atom is 0.390 e. The third-order valence-electron chi connectivity index (χ3n) is 1.82. The minimum absolute atomic E-state index is 0.144. The second-order valence-electron chi connectivity index (χ2n) is 3.06. The molecule has 0 aliphatic heterocycles. The molecule has 0 radical (unpaired) electrons. The summed E-state index contributed by atoms with van der Waals surface area (Å²) in [5.41, 5.74) is 5.15. The molecule has 15 heavy (non-hydrogen) atoms. The zero-order valence-electron chi connectivity index (χ0n) is 7.48. The van der Waals surface area contributed by atoms with E-state index in [4.69, 9.17) is 5.73 Å². The van der Waals surface area contributed by atoms with Crippen LogP contribution >= 0.6 is 15.9 Å². The van der Waals surface area contributed by atoms with Crippen LogP contribution in [0.3, 0.4) is 0 Å². The van der Waals surface area contributed by atoms with Gasteiger partial charge in [-0.3, -0.25) is 0 Å². The Kier molecular flexibility index (Phi) is 3.72. The van der Waals surface area contributed by atoms with Gasteiger partial charge in [0.2, 0.25) is 0 Å². The highest BCUT2D eigenvalue weighted by Gasteiger charge is 2.32. The topological polar surface area (TPSA) is 26.0 Å². The van der Waals surface area contributed by atoms with Crippen molar-refractivity contribution >= 4 is 15.9 Å². The maximum absolute atomic E-state index is 13.2. The van der Waals surface area contributed by atoms with Crippen molar-refractivity contribution in [2.24, 2.45) is 5.73 Å². The van der Waals surface area contributed by atoms with Gasteiger partial charge in [0, 0.05) is 16.1 Å². The van der Waals surface area contributed by atoms with Crippen LogP contribution < -0.4 is 5.73 Å². The summed E-state index contributed by atoms with van der Waals surface area (Å²) in [6, 6.07) is 2.54. The second-order valence-corrected chi connectivity index (χ2v) is 3.92. The number of hydrogen-bond donors (Lipinski definition) is 1. The summed E-state index contributed by atoms with van der Waals surface area (Å²) in [6.45, 7) is 0. The highest BCUT2D eigenvalue weighted by Crippen LogP contribution is 2.32. The smallest absolute Gasteiger partial charge is 0.324 e. The Labute approximate surface area is 92.4 Å². The van der Waals surface area contributed by atoms with E-state index in [-0.39, 0.29) is 10.0 Å². The van der Waals surface area contributed by atoms with Crippen molar-refractivity contribution in [1.82, 2.24) is 0 Å². The third-order valence-corrected chi connectivity index (χ3v) is 2.51. The fraction of sp³-hybridized carbons (Fsp3) is 0.333. The standard InChI is InChI=1S/C9H8BrF4N/c10-5-2-1-3-6(11)8(5)7(15)4-9(12,13)14/h1-3,7H,4,15H2/t7-/m0/s1. The fourth-order valence-electron chi connectivity index (χ4n) is 1.22. The lowest BCUT2D eigenvalue weighted by Gasteiger charge is -2.16. The predicted molar refractivity (Wildman–Crippen MR) is 51.7 cm³/mol. The van der Waals surface area contributed by atoms with E-state index in [0.29, 0.717) is 0 Å². The van der Waals surface area contributed by atoms with Gasteiger partial charge in [0.25, 0.3) is 0 Å². The molecule has 0 saturated carbocycles. The molecule has 1 aromatic rings. The normalized spacial score (nSPS) is 14.0. The first-order valence-corrected chi connectivity index (χ1v) is 4.87. The molecular weight excluding hydrogens is 278 g/mol. The summed E-state index contributed by atoms with van der Waals surface area (Å²) in [7, 11) is 0. The zero-order valence-corrected chi connectivity index (χ0v) is 9.07. The molecule has 0 spiro atoms. The molecule has 0 amide bonds. The van der Waals surface area contributed by atoms with E-state index in [2.05, 4.69) is 15.9 Å². The monoisotopic (exact) mass is 285 g/mol. The van der Waals surface area contributed by atoms with Gasteiger partial charge in [-0.2, -0.15) is 13.2 Å². The van der Waals surface area contributed by atoms with Gasteiger partial charge >= 0.3 is 6.18 Å². The molecule has 6 heteroatoms. The Bertz CT molecular complexity index is 330. The van der Waals surface area contributed by atoms with Gasteiger partial charge in [-0.25, -0.2) is 4.39 Å².